The van der Waals surface area contributed by atoms with Crippen LogP contribution in [0.1, 0.15) is 56.9 Å². The molecule has 1 aliphatic rings. The zero-order valence-electron chi connectivity index (χ0n) is 12.9. The molecule has 0 spiro atoms. The van der Waals surface area contributed by atoms with Crippen LogP contribution in [0.2, 0.25) is 0 Å². The maximum atomic E-state index is 12.0. The number of benzene rings is 1. The third-order valence-electron chi connectivity index (χ3n) is 4.36. The third-order valence-corrected chi connectivity index (χ3v) is 4.36. The number of alkyl halides is 3. The number of allylic oxidation sites excluding steroid dienone is 1. The van der Waals surface area contributed by atoms with E-state index >= 15 is 0 Å². The molecular weight excluding hydrogens is 289 g/mol. The van der Waals surface area contributed by atoms with Crippen molar-refractivity contribution in [1.29, 1.82) is 0 Å². The molecule has 1 fully saturated rings. The molecule has 0 aromatic heterocycles. The molecule has 22 heavy (non-hydrogen) atoms. The van der Waals surface area contributed by atoms with Crippen LogP contribution in [0.5, 0.6) is 5.75 Å². The van der Waals surface area contributed by atoms with Gasteiger partial charge in [-0.15, -0.1) is 0 Å². The van der Waals surface area contributed by atoms with Gasteiger partial charge in [-0.3, -0.25) is 0 Å². The maximum Gasteiger partial charge on any atom is 0.412 e. The van der Waals surface area contributed by atoms with E-state index in [1.807, 2.05) is 12.1 Å². The summed E-state index contributed by atoms with van der Waals surface area (Å²) in [5, 5.41) is 0. The average molecular weight is 312 g/mol. The summed E-state index contributed by atoms with van der Waals surface area (Å²) in [7, 11) is 0. The van der Waals surface area contributed by atoms with Gasteiger partial charge in [0, 0.05) is 0 Å². The standard InChI is InChI=1S/C18H23F3O/c1-2-3-14-4-6-15(7-5-14)16-8-10-17(11-9-16)22-13-12-18(19,20)21/h8-15H,2-7H2,1H3. The molecule has 0 radical (unpaired) electrons. The normalized spacial score (nSPS) is 22.9. The first-order chi connectivity index (χ1) is 10.5. The molecule has 0 unspecified atom stereocenters. The summed E-state index contributed by atoms with van der Waals surface area (Å²) in [4.78, 5) is 0. The fourth-order valence-electron chi connectivity index (χ4n) is 3.20. The lowest BCUT2D eigenvalue weighted by Gasteiger charge is -2.28. The Hall–Kier alpha value is -1.45. The summed E-state index contributed by atoms with van der Waals surface area (Å²) in [6.45, 7) is 2.23. The maximum absolute atomic E-state index is 12.0. The van der Waals surface area contributed by atoms with E-state index in [1.54, 1.807) is 12.1 Å². The van der Waals surface area contributed by atoms with E-state index in [4.69, 9.17) is 4.74 Å². The highest BCUT2D eigenvalue weighted by molar-refractivity contribution is 5.30. The van der Waals surface area contributed by atoms with Gasteiger partial charge in [0.2, 0.25) is 0 Å². The fraction of sp³-hybridized carbons (Fsp3) is 0.556. The number of rotatable bonds is 5. The molecule has 1 aromatic carbocycles. The van der Waals surface area contributed by atoms with Gasteiger partial charge in [0.05, 0.1) is 12.3 Å². The second-order valence-corrected chi connectivity index (χ2v) is 6.04. The topological polar surface area (TPSA) is 9.23 Å². The summed E-state index contributed by atoms with van der Waals surface area (Å²) >= 11 is 0. The van der Waals surface area contributed by atoms with E-state index < -0.39 is 6.18 Å². The molecule has 2 rings (SSSR count). The second kappa shape index (κ2) is 7.70. The number of hydrogen-bond donors (Lipinski definition) is 0. The minimum absolute atomic E-state index is 0.0932. The van der Waals surface area contributed by atoms with Crippen molar-refractivity contribution in [3.63, 3.8) is 0 Å². The van der Waals surface area contributed by atoms with Crippen LogP contribution in [0, 0.1) is 5.92 Å². The molecule has 1 aromatic rings. The molecule has 0 amide bonds. The van der Waals surface area contributed by atoms with Gasteiger partial charge in [0.25, 0.3) is 0 Å². The van der Waals surface area contributed by atoms with E-state index in [-0.39, 0.29) is 6.08 Å². The minimum Gasteiger partial charge on any atom is -0.465 e. The molecule has 0 aliphatic heterocycles. The molecule has 0 N–H and O–H groups in total. The Balaban J connectivity index is 1.86. The van der Waals surface area contributed by atoms with Crippen LogP contribution < -0.4 is 4.74 Å². The van der Waals surface area contributed by atoms with Crippen LogP contribution in [0.4, 0.5) is 13.2 Å². The Bertz CT molecular complexity index is 468. The van der Waals surface area contributed by atoms with Crippen LogP contribution >= 0.6 is 0 Å². The van der Waals surface area contributed by atoms with Gasteiger partial charge in [-0.2, -0.15) is 13.2 Å². The van der Waals surface area contributed by atoms with Crippen LogP contribution in [0.25, 0.3) is 0 Å². The van der Waals surface area contributed by atoms with Crippen molar-refractivity contribution < 1.29 is 17.9 Å². The van der Waals surface area contributed by atoms with Crippen molar-refractivity contribution in [2.75, 3.05) is 0 Å². The molecule has 0 atom stereocenters. The summed E-state index contributed by atoms with van der Waals surface area (Å²) in [6, 6.07) is 7.44. The summed E-state index contributed by atoms with van der Waals surface area (Å²) in [5.74, 6) is 1.88. The van der Waals surface area contributed by atoms with E-state index in [0.29, 0.717) is 17.9 Å². The molecule has 4 heteroatoms. The minimum atomic E-state index is -4.34. The highest BCUT2D eigenvalue weighted by atomic mass is 19.4. The second-order valence-electron chi connectivity index (χ2n) is 6.04. The highest BCUT2D eigenvalue weighted by Crippen LogP contribution is 2.37. The Morgan fingerprint density at radius 3 is 2.27 bits per heavy atom. The Labute approximate surface area is 130 Å². The largest absolute Gasteiger partial charge is 0.465 e. The SMILES string of the molecule is CCCC1CCC(c2ccc(OC=CC(F)(F)F)cc2)CC1. The van der Waals surface area contributed by atoms with Crippen LogP contribution in [-0.2, 0) is 0 Å². The van der Waals surface area contributed by atoms with Crippen molar-refractivity contribution in [1.82, 2.24) is 0 Å². The Morgan fingerprint density at radius 1 is 1.09 bits per heavy atom. The van der Waals surface area contributed by atoms with E-state index in [9.17, 15) is 13.2 Å². The third kappa shape index (κ3) is 5.39. The predicted molar refractivity (Wildman–Crippen MR) is 81.9 cm³/mol. The first kappa shape index (κ1) is 16.9. The van der Waals surface area contributed by atoms with Gasteiger partial charge in [0.1, 0.15) is 5.75 Å². The van der Waals surface area contributed by atoms with E-state index in [2.05, 4.69) is 6.92 Å². The fourth-order valence-corrected chi connectivity index (χ4v) is 3.20. The molecule has 122 valence electrons. The lowest BCUT2D eigenvalue weighted by atomic mass is 9.77. The number of hydrogen-bond acceptors (Lipinski definition) is 1. The number of halogens is 3. The van der Waals surface area contributed by atoms with Crippen molar-refractivity contribution >= 4 is 0 Å². The molecule has 1 nitrogen and oxygen atoms in total. The monoisotopic (exact) mass is 312 g/mol. The molecule has 1 saturated carbocycles. The van der Waals surface area contributed by atoms with Crippen molar-refractivity contribution in [2.45, 2.75) is 57.5 Å². The zero-order chi connectivity index (χ0) is 16.0. The van der Waals surface area contributed by atoms with Gasteiger partial charge in [-0.05, 0) is 55.2 Å². The smallest absolute Gasteiger partial charge is 0.412 e. The molecule has 0 bridgehead atoms. The van der Waals surface area contributed by atoms with Crippen molar-refractivity contribution in [3.8, 4) is 5.75 Å². The number of ether oxygens (including phenoxy) is 1. The van der Waals surface area contributed by atoms with Gasteiger partial charge in [-0.1, -0.05) is 31.9 Å². The first-order valence-electron chi connectivity index (χ1n) is 7.99. The Kier molecular flexibility index (Phi) is 5.92. The van der Waals surface area contributed by atoms with Gasteiger partial charge in [0.15, 0.2) is 0 Å². The van der Waals surface area contributed by atoms with Crippen LogP contribution in [0.3, 0.4) is 0 Å². The summed E-state index contributed by atoms with van der Waals surface area (Å²) in [6.07, 6.45) is 4.00. The molecule has 0 heterocycles. The van der Waals surface area contributed by atoms with Crippen molar-refractivity contribution in [2.24, 2.45) is 5.92 Å². The van der Waals surface area contributed by atoms with E-state index in [0.717, 1.165) is 5.92 Å². The zero-order valence-corrected chi connectivity index (χ0v) is 12.9. The Morgan fingerprint density at radius 2 is 1.73 bits per heavy atom. The predicted octanol–water partition coefficient (Wildman–Crippen LogP) is 6.22. The lowest BCUT2D eigenvalue weighted by molar-refractivity contribution is -0.0809. The average Bonchev–Trinajstić information content (AvgIpc) is 2.48. The quantitative estimate of drug-likeness (QED) is 0.587. The van der Waals surface area contributed by atoms with Gasteiger partial charge < -0.3 is 4.74 Å². The first-order valence-corrected chi connectivity index (χ1v) is 7.99. The van der Waals surface area contributed by atoms with Crippen molar-refractivity contribution in [3.05, 3.63) is 42.2 Å². The molecule has 1 aliphatic carbocycles. The van der Waals surface area contributed by atoms with Gasteiger partial charge in [-0.25, -0.2) is 0 Å². The molecule has 0 saturated heterocycles. The van der Waals surface area contributed by atoms with Crippen LogP contribution in [-0.4, -0.2) is 6.18 Å². The highest BCUT2D eigenvalue weighted by Gasteiger charge is 2.23. The summed E-state index contributed by atoms with van der Waals surface area (Å²) < 4.78 is 40.9. The van der Waals surface area contributed by atoms with Gasteiger partial charge >= 0.3 is 6.18 Å². The lowest BCUT2D eigenvalue weighted by Crippen LogP contribution is -2.13. The van der Waals surface area contributed by atoms with E-state index in [1.165, 1.54) is 44.1 Å². The van der Waals surface area contributed by atoms with Crippen LogP contribution in [0.15, 0.2) is 36.6 Å². The summed E-state index contributed by atoms with van der Waals surface area (Å²) in [5.41, 5.74) is 1.27. The molecular formula is C18H23F3O.